The Bertz CT molecular complexity index is 1090. The third-order valence-electron chi connectivity index (χ3n) is 5.42. The lowest BCUT2D eigenvalue weighted by Crippen LogP contribution is -2.53. The summed E-state index contributed by atoms with van der Waals surface area (Å²) in [6.07, 6.45) is 3.34. The number of likely N-dealkylation sites (tertiary alicyclic amines) is 1. The number of piperidine rings is 1. The Morgan fingerprint density at radius 3 is 2.69 bits per heavy atom. The van der Waals surface area contributed by atoms with Crippen molar-refractivity contribution in [1.82, 2.24) is 30.2 Å². The first-order valence-corrected chi connectivity index (χ1v) is 10.9. The third kappa shape index (κ3) is 4.73. The molecule has 1 saturated heterocycles. The van der Waals surface area contributed by atoms with Crippen LogP contribution in [-0.4, -0.2) is 56.0 Å². The maximum Gasteiger partial charge on any atom is 0.410 e. The molecule has 168 valence electrons. The van der Waals surface area contributed by atoms with Gasteiger partial charge in [0.25, 0.3) is 5.91 Å². The topological polar surface area (TPSA) is 105 Å². The Morgan fingerprint density at radius 1 is 1.25 bits per heavy atom. The van der Waals surface area contributed by atoms with Crippen LogP contribution in [0.2, 0.25) is 10.0 Å². The Morgan fingerprint density at radius 2 is 2.03 bits per heavy atom. The lowest BCUT2D eigenvalue weighted by molar-refractivity contribution is 0.0665. The van der Waals surface area contributed by atoms with Crippen molar-refractivity contribution in [1.29, 1.82) is 0 Å². The minimum absolute atomic E-state index is 0.181. The minimum atomic E-state index is -0.418. The number of ether oxygens (including phenoxy) is 1. The first-order valence-electron chi connectivity index (χ1n) is 10.1. The molecule has 3 heterocycles. The summed E-state index contributed by atoms with van der Waals surface area (Å²) in [5.74, 6) is -0.375. The quantitative estimate of drug-likeness (QED) is 0.584. The van der Waals surface area contributed by atoms with Gasteiger partial charge in [0, 0.05) is 25.0 Å². The summed E-state index contributed by atoms with van der Waals surface area (Å²) in [7, 11) is 0. The molecule has 32 heavy (non-hydrogen) atoms. The Hall–Kier alpha value is -3.04. The van der Waals surface area contributed by atoms with Gasteiger partial charge < -0.3 is 19.9 Å². The highest BCUT2D eigenvalue weighted by molar-refractivity contribution is 6.44. The van der Waals surface area contributed by atoms with E-state index in [2.05, 4.69) is 20.6 Å². The highest BCUT2D eigenvalue weighted by Crippen LogP contribution is 2.30. The van der Waals surface area contributed by atoms with Gasteiger partial charge in [-0.15, -0.1) is 5.10 Å². The molecule has 0 saturated carbocycles. The summed E-state index contributed by atoms with van der Waals surface area (Å²) < 4.78 is 7.10. The maximum absolute atomic E-state index is 12.9. The van der Waals surface area contributed by atoms with Gasteiger partial charge >= 0.3 is 6.09 Å². The molecule has 11 heteroatoms. The minimum Gasteiger partial charge on any atom is -0.445 e. The molecule has 0 aliphatic carbocycles. The molecule has 1 aromatic carbocycles. The van der Waals surface area contributed by atoms with Crippen molar-refractivity contribution >= 4 is 35.2 Å². The second-order valence-corrected chi connectivity index (χ2v) is 8.31. The maximum atomic E-state index is 12.9. The number of rotatable bonds is 5. The molecule has 1 aliphatic rings. The summed E-state index contributed by atoms with van der Waals surface area (Å²) in [5.41, 5.74) is 1.73. The molecule has 1 aliphatic heterocycles. The van der Waals surface area contributed by atoms with Crippen molar-refractivity contribution < 1.29 is 14.3 Å². The van der Waals surface area contributed by atoms with Crippen LogP contribution in [0, 0.1) is 6.92 Å². The predicted octanol–water partition coefficient (Wildman–Crippen LogP) is 3.60. The average molecular weight is 477 g/mol. The van der Waals surface area contributed by atoms with Crippen LogP contribution >= 0.6 is 23.2 Å². The zero-order valence-electron chi connectivity index (χ0n) is 17.3. The molecule has 2 amide bonds. The van der Waals surface area contributed by atoms with Gasteiger partial charge in [0.1, 0.15) is 12.3 Å². The monoisotopic (exact) mass is 476 g/mol. The van der Waals surface area contributed by atoms with Crippen LogP contribution in [0.15, 0.2) is 42.7 Å². The highest BCUT2D eigenvalue weighted by atomic mass is 35.5. The number of aromatic amines is 1. The molecule has 2 N–H and O–H groups in total. The van der Waals surface area contributed by atoms with Crippen LogP contribution in [0.25, 0.3) is 0 Å². The molecule has 0 bridgehead atoms. The smallest absolute Gasteiger partial charge is 0.410 e. The second-order valence-electron chi connectivity index (χ2n) is 7.56. The van der Waals surface area contributed by atoms with E-state index < -0.39 is 6.09 Å². The molecule has 4 rings (SSSR count). The van der Waals surface area contributed by atoms with Gasteiger partial charge in [0.15, 0.2) is 0 Å². The number of hydrogen-bond acceptors (Lipinski definition) is 5. The molecular formula is C21H22Cl2N6O3. The fraction of sp³-hybridized carbons (Fsp3) is 0.333. The summed E-state index contributed by atoms with van der Waals surface area (Å²) in [4.78, 5) is 30.0. The highest BCUT2D eigenvalue weighted by Gasteiger charge is 2.35. The molecule has 2 aromatic heterocycles. The number of aromatic nitrogens is 4. The first kappa shape index (κ1) is 22.2. The number of nitrogens with zero attached hydrogens (tertiary/aromatic N) is 4. The number of carbonyl (C=O) groups is 2. The van der Waals surface area contributed by atoms with Gasteiger partial charge in [-0.1, -0.05) is 58.7 Å². The van der Waals surface area contributed by atoms with Gasteiger partial charge in [0.05, 0.1) is 28.3 Å². The molecular weight excluding hydrogens is 455 g/mol. The fourth-order valence-corrected chi connectivity index (χ4v) is 4.12. The molecule has 9 nitrogen and oxygen atoms in total. The van der Waals surface area contributed by atoms with Crippen molar-refractivity contribution in [3.63, 3.8) is 0 Å². The molecule has 2 atom stereocenters. The lowest BCUT2D eigenvalue weighted by Gasteiger charge is -2.38. The van der Waals surface area contributed by atoms with Crippen LogP contribution in [0.1, 0.15) is 34.2 Å². The van der Waals surface area contributed by atoms with E-state index in [9.17, 15) is 9.59 Å². The van der Waals surface area contributed by atoms with Gasteiger partial charge in [-0.2, -0.15) is 0 Å². The number of carbonyl (C=O) groups excluding carboxylic acids is 2. The van der Waals surface area contributed by atoms with E-state index in [4.69, 9.17) is 27.9 Å². The molecule has 0 spiro atoms. The van der Waals surface area contributed by atoms with Crippen molar-refractivity contribution in [2.45, 2.75) is 32.0 Å². The fourth-order valence-electron chi connectivity index (χ4n) is 3.71. The summed E-state index contributed by atoms with van der Waals surface area (Å²) >= 11 is 12.3. The van der Waals surface area contributed by atoms with E-state index in [1.165, 1.54) is 0 Å². The van der Waals surface area contributed by atoms with Crippen LogP contribution in [0.4, 0.5) is 4.79 Å². The zero-order chi connectivity index (χ0) is 22.7. The van der Waals surface area contributed by atoms with Gasteiger partial charge in [-0.05, 0) is 18.9 Å². The standard InChI is InChI=1S/C21H22Cl2N6O3/c1-13-17(22)18(23)19(25-13)20(30)26-15-7-9-28(11-16(15)29-10-8-24-27-29)21(31)32-12-14-5-3-2-4-6-14/h2-6,8,10,15-16,25H,7,9,11-12H2,1H3,(H,26,30)/t15-,16+/m1/s1. The van der Waals surface area contributed by atoms with E-state index in [1.54, 1.807) is 28.9 Å². The average Bonchev–Trinajstić information content (AvgIpc) is 3.43. The zero-order valence-corrected chi connectivity index (χ0v) is 18.8. The Kier molecular flexibility index (Phi) is 6.66. The van der Waals surface area contributed by atoms with E-state index in [0.717, 1.165) is 5.56 Å². The summed E-state index contributed by atoms with van der Waals surface area (Å²) in [6.45, 7) is 2.65. The van der Waals surface area contributed by atoms with Crippen LogP contribution in [0.5, 0.6) is 0 Å². The number of halogens is 2. The molecule has 0 radical (unpaired) electrons. The number of aryl methyl sites for hydroxylation is 1. The Labute approximate surface area is 194 Å². The lowest BCUT2D eigenvalue weighted by atomic mass is 9.99. The number of H-pyrrole nitrogens is 1. The van der Waals surface area contributed by atoms with E-state index >= 15 is 0 Å². The Balaban J connectivity index is 1.44. The summed E-state index contributed by atoms with van der Waals surface area (Å²) in [6, 6.07) is 8.85. The molecule has 0 unspecified atom stereocenters. The van der Waals surface area contributed by atoms with Crippen molar-refractivity contribution in [3.8, 4) is 0 Å². The van der Waals surface area contributed by atoms with Crippen LogP contribution in [-0.2, 0) is 11.3 Å². The van der Waals surface area contributed by atoms with Gasteiger partial charge in [0.2, 0.25) is 0 Å². The van der Waals surface area contributed by atoms with Crippen LogP contribution < -0.4 is 5.32 Å². The van der Waals surface area contributed by atoms with Crippen molar-refractivity contribution in [3.05, 3.63) is 69.7 Å². The van der Waals surface area contributed by atoms with Crippen molar-refractivity contribution in [2.24, 2.45) is 0 Å². The third-order valence-corrected chi connectivity index (χ3v) is 6.37. The van der Waals surface area contributed by atoms with Crippen molar-refractivity contribution in [2.75, 3.05) is 13.1 Å². The van der Waals surface area contributed by atoms with E-state index in [0.29, 0.717) is 30.2 Å². The number of nitrogens with one attached hydrogen (secondary N) is 2. The normalized spacial score (nSPS) is 18.4. The van der Waals surface area contributed by atoms with Gasteiger partial charge in [-0.3, -0.25) is 4.79 Å². The summed E-state index contributed by atoms with van der Waals surface area (Å²) in [5, 5.41) is 11.4. The predicted molar refractivity (Wildman–Crippen MR) is 119 cm³/mol. The molecule has 1 fully saturated rings. The largest absolute Gasteiger partial charge is 0.445 e. The number of amides is 2. The van der Waals surface area contributed by atoms with E-state index in [-0.39, 0.29) is 35.3 Å². The van der Waals surface area contributed by atoms with Gasteiger partial charge in [-0.25, -0.2) is 9.48 Å². The molecule has 3 aromatic rings. The van der Waals surface area contributed by atoms with E-state index in [1.807, 2.05) is 30.3 Å². The van der Waals surface area contributed by atoms with Crippen LogP contribution in [0.3, 0.4) is 0 Å². The first-order chi connectivity index (χ1) is 15.4. The SMILES string of the molecule is Cc1[nH]c(C(=O)N[C@@H]2CCN(C(=O)OCc3ccccc3)C[C@@H]2n2ccnn2)c(Cl)c1Cl. The number of hydrogen-bond donors (Lipinski definition) is 2. The second kappa shape index (κ2) is 9.62. The number of benzene rings is 1.